The van der Waals surface area contributed by atoms with Crippen molar-refractivity contribution in [2.45, 2.75) is 0 Å². The van der Waals surface area contributed by atoms with Gasteiger partial charge in [0.25, 0.3) is 5.78 Å². The number of aliphatic hydroxyl groups excluding tert-OH is 1. The maximum Gasteiger partial charge on any atom is 0.378 e. The van der Waals surface area contributed by atoms with Gasteiger partial charge in [-0.25, -0.2) is 4.79 Å². The summed E-state index contributed by atoms with van der Waals surface area (Å²) in [5.41, 5.74) is 0. The topological polar surface area (TPSA) is 63.6 Å². The summed E-state index contributed by atoms with van der Waals surface area (Å²) in [6, 6.07) is 0. The molecule has 0 saturated heterocycles. The summed E-state index contributed by atoms with van der Waals surface area (Å²) >= 11 is 0. The summed E-state index contributed by atoms with van der Waals surface area (Å²) in [7, 11) is 1.09. The van der Waals surface area contributed by atoms with Gasteiger partial charge < -0.3 is 9.84 Å². The number of methoxy groups -OCH3 is 1. The molecule has 50 valence electrons. The van der Waals surface area contributed by atoms with E-state index in [1.165, 1.54) is 0 Å². The van der Waals surface area contributed by atoms with E-state index in [9.17, 15) is 9.59 Å². The van der Waals surface area contributed by atoms with E-state index in [0.29, 0.717) is 12.3 Å². The van der Waals surface area contributed by atoms with Crippen LogP contribution in [0.3, 0.4) is 0 Å². The molecule has 0 aromatic heterocycles. The number of carbonyl (C=O) groups is 2. The second-order valence-electron chi connectivity index (χ2n) is 1.17. The Labute approximate surface area is 51.7 Å². The van der Waals surface area contributed by atoms with Crippen molar-refractivity contribution in [3.05, 3.63) is 12.3 Å². The second kappa shape index (κ2) is 3.65. The Bertz CT molecular complexity index is 147. The van der Waals surface area contributed by atoms with Crippen LogP contribution in [0.2, 0.25) is 0 Å². The maximum atomic E-state index is 10.3. The van der Waals surface area contributed by atoms with Gasteiger partial charge in [0.1, 0.15) is 0 Å². The fourth-order valence-corrected chi connectivity index (χ4v) is 0.236. The highest BCUT2D eigenvalue weighted by Gasteiger charge is 2.07. The van der Waals surface area contributed by atoms with Gasteiger partial charge in [-0.2, -0.15) is 0 Å². The van der Waals surface area contributed by atoms with Gasteiger partial charge in [0.15, 0.2) is 0 Å². The molecule has 4 nitrogen and oxygen atoms in total. The first-order valence-corrected chi connectivity index (χ1v) is 2.15. The first-order chi connectivity index (χ1) is 4.22. The molecule has 0 aromatic carbocycles. The van der Waals surface area contributed by atoms with Gasteiger partial charge in [0, 0.05) is 6.08 Å². The lowest BCUT2D eigenvalue weighted by molar-refractivity contribution is -0.149. The van der Waals surface area contributed by atoms with Crippen LogP contribution in [0, 0.1) is 0 Å². The highest BCUT2D eigenvalue weighted by Crippen LogP contribution is 1.78. The van der Waals surface area contributed by atoms with Crippen molar-refractivity contribution in [2.75, 3.05) is 7.11 Å². The molecule has 0 radical (unpaired) electrons. The normalized spacial score (nSPS) is 9.44. The molecule has 0 saturated carbocycles. The third-order valence-electron chi connectivity index (χ3n) is 0.612. The number of aliphatic hydroxyl groups is 1. The second-order valence-corrected chi connectivity index (χ2v) is 1.17. The molecule has 0 heterocycles. The van der Waals surface area contributed by atoms with Gasteiger partial charge in [0.2, 0.25) is 0 Å². The molecule has 0 aliphatic carbocycles. The summed E-state index contributed by atoms with van der Waals surface area (Å²) in [5.74, 6) is -1.86. The van der Waals surface area contributed by atoms with Crippen molar-refractivity contribution in [3.8, 4) is 0 Å². The third-order valence-corrected chi connectivity index (χ3v) is 0.612. The van der Waals surface area contributed by atoms with E-state index < -0.39 is 11.8 Å². The molecule has 0 amide bonds. The molecular formula is C5H6O4. The van der Waals surface area contributed by atoms with E-state index in [1.54, 1.807) is 0 Å². The summed E-state index contributed by atoms with van der Waals surface area (Å²) in [5, 5.41) is 7.97. The van der Waals surface area contributed by atoms with E-state index in [-0.39, 0.29) is 0 Å². The average molecular weight is 130 g/mol. The van der Waals surface area contributed by atoms with Gasteiger partial charge in [-0.3, -0.25) is 4.79 Å². The minimum Gasteiger partial charge on any atom is -0.515 e. The number of carbonyl (C=O) groups excluding carboxylic acids is 2. The van der Waals surface area contributed by atoms with Crippen LogP contribution in [0.4, 0.5) is 0 Å². The predicted octanol–water partition coefficient (Wildman–Crippen LogP) is -0.200. The molecule has 0 fully saturated rings. The highest BCUT2D eigenvalue weighted by atomic mass is 16.5. The maximum absolute atomic E-state index is 10.3. The van der Waals surface area contributed by atoms with Crippen molar-refractivity contribution in [3.63, 3.8) is 0 Å². The van der Waals surface area contributed by atoms with Crippen LogP contribution < -0.4 is 0 Å². The lowest BCUT2D eigenvalue weighted by Crippen LogP contribution is -2.12. The van der Waals surface area contributed by atoms with Crippen LogP contribution in [0.25, 0.3) is 0 Å². The number of esters is 1. The molecule has 9 heavy (non-hydrogen) atoms. The Morgan fingerprint density at radius 2 is 2.11 bits per heavy atom. The number of rotatable bonds is 2. The number of hydrogen-bond donors (Lipinski definition) is 1. The van der Waals surface area contributed by atoms with Crippen molar-refractivity contribution in [1.29, 1.82) is 0 Å². The van der Waals surface area contributed by atoms with Crippen LogP contribution in [-0.2, 0) is 14.3 Å². The highest BCUT2D eigenvalue weighted by molar-refractivity contribution is 6.38. The predicted molar refractivity (Wildman–Crippen MR) is 28.8 cm³/mol. The number of ketones is 1. The van der Waals surface area contributed by atoms with E-state index in [0.717, 1.165) is 7.11 Å². The zero-order chi connectivity index (χ0) is 7.28. The lowest BCUT2D eigenvalue weighted by atomic mass is 10.4. The van der Waals surface area contributed by atoms with Gasteiger partial charge in [-0.1, -0.05) is 0 Å². The quantitative estimate of drug-likeness (QED) is 0.243. The molecule has 0 aliphatic rings. The van der Waals surface area contributed by atoms with Crippen molar-refractivity contribution in [2.24, 2.45) is 0 Å². The van der Waals surface area contributed by atoms with E-state index in [1.807, 2.05) is 0 Å². The first-order valence-electron chi connectivity index (χ1n) is 2.15. The Hall–Kier alpha value is -1.32. The lowest BCUT2D eigenvalue weighted by Gasteiger charge is -1.88. The molecule has 0 aromatic rings. The van der Waals surface area contributed by atoms with E-state index in [4.69, 9.17) is 5.11 Å². The minimum atomic E-state index is -0.986. The minimum absolute atomic E-state index is 0.485. The smallest absolute Gasteiger partial charge is 0.378 e. The molecule has 0 atom stereocenters. The van der Waals surface area contributed by atoms with E-state index in [2.05, 4.69) is 4.74 Å². The fraction of sp³-hybridized carbons (Fsp3) is 0.200. The summed E-state index contributed by atoms with van der Waals surface area (Å²) in [6.45, 7) is 0. The molecule has 0 bridgehead atoms. The molecule has 0 spiro atoms. The van der Waals surface area contributed by atoms with Crippen LogP contribution in [0.1, 0.15) is 0 Å². The fourth-order valence-electron chi connectivity index (χ4n) is 0.236. The Morgan fingerprint density at radius 3 is 2.44 bits per heavy atom. The SMILES string of the molecule is COC(=O)C(=O)C=CO. The average Bonchev–Trinajstić information content (AvgIpc) is 1.87. The van der Waals surface area contributed by atoms with Crippen LogP contribution in [-0.4, -0.2) is 24.0 Å². The van der Waals surface area contributed by atoms with Crippen molar-refractivity contribution >= 4 is 11.8 Å². The number of ether oxygens (including phenoxy) is 1. The Balaban J connectivity index is 3.89. The van der Waals surface area contributed by atoms with Crippen molar-refractivity contribution in [1.82, 2.24) is 0 Å². The van der Waals surface area contributed by atoms with Gasteiger partial charge in [0.05, 0.1) is 13.4 Å². The standard InChI is InChI=1S/C5H6O4/c1-9-5(8)4(7)2-3-6/h2-3,6H,1H3. The monoisotopic (exact) mass is 130 g/mol. The molecule has 0 unspecified atom stereocenters. The molecule has 1 N–H and O–H groups in total. The largest absolute Gasteiger partial charge is 0.515 e. The van der Waals surface area contributed by atoms with E-state index >= 15 is 0 Å². The van der Waals surface area contributed by atoms with Crippen LogP contribution in [0.15, 0.2) is 12.3 Å². The van der Waals surface area contributed by atoms with Gasteiger partial charge in [-0.05, 0) is 0 Å². The van der Waals surface area contributed by atoms with Crippen LogP contribution in [0.5, 0.6) is 0 Å². The Morgan fingerprint density at radius 1 is 1.56 bits per heavy atom. The summed E-state index contributed by atoms with van der Waals surface area (Å²) < 4.78 is 4.01. The summed E-state index contributed by atoms with van der Waals surface area (Å²) in [4.78, 5) is 20.4. The molecule has 0 rings (SSSR count). The van der Waals surface area contributed by atoms with Gasteiger partial charge >= 0.3 is 5.97 Å². The molecule has 4 heteroatoms. The Kier molecular flexibility index (Phi) is 3.12. The van der Waals surface area contributed by atoms with Crippen LogP contribution >= 0.6 is 0 Å². The number of hydrogen-bond acceptors (Lipinski definition) is 4. The zero-order valence-electron chi connectivity index (χ0n) is 4.83. The molecule has 0 aliphatic heterocycles. The molecular weight excluding hydrogens is 124 g/mol. The summed E-state index contributed by atoms with van der Waals surface area (Å²) in [6.07, 6.45) is 1.20. The third kappa shape index (κ3) is 2.48. The van der Waals surface area contributed by atoms with Gasteiger partial charge in [-0.15, -0.1) is 0 Å². The zero-order valence-corrected chi connectivity index (χ0v) is 4.83. The van der Waals surface area contributed by atoms with Crippen molar-refractivity contribution < 1.29 is 19.4 Å². The first kappa shape index (κ1) is 7.68.